The van der Waals surface area contributed by atoms with E-state index in [0.29, 0.717) is 0 Å². The van der Waals surface area contributed by atoms with E-state index in [9.17, 15) is 37.5 Å². The second-order valence-electron chi connectivity index (χ2n) is 8.45. The van der Waals surface area contributed by atoms with Crippen molar-refractivity contribution in [3.05, 3.63) is 0 Å². The van der Waals surface area contributed by atoms with Crippen LogP contribution in [0.5, 0.6) is 0 Å². The van der Waals surface area contributed by atoms with Gasteiger partial charge in [-0.3, -0.25) is 24.4 Å². The van der Waals surface area contributed by atoms with E-state index in [0.717, 1.165) is 6.26 Å². The number of ketones is 1. The van der Waals surface area contributed by atoms with Crippen LogP contribution >= 0.6 is 0 Å². The summed E-state index contributed by atoms with van der Waals surface area (Å²) in [5, 5.41) is 24.0. The van der Waals surface area contributed by atoms with E-state index >= 15 is 0 Å². The molecule has 0 aliphatic rings. The molecule has 0 saturated carbocycles. The van der Waals surface area contributed by atoms with E-state index < -0.39 is 51.7 Å². The summed E-state index contributed by atoms with van der Waals surface area (Å²) < 4.78 is 22.7. The molecule has 3 amide bonds. The summed E-state index contributed by atoms with van der Waals surface area (Å²) in [6.07, 6.45) is 0.860. The van der Waals surface area contributed by atoms with Crippen molar-refractivity contribution in [2.24, 2.45) is 11.8 Å². The minimum atomic E-state index is -3.36. The summed E-state index contributed by atoms with van der Waals surface area (Å²) in [7, 11) is -3.36. The Bertz CT molecular complexity index is 823. The number of Topliss-reactive ketones (excluding diaryl/α,β-unsaturated/α-hetero) is 1. The number of nitrogens with one attached hydrogen (secondary N) is 3. The van der Waals surface area contributed by atoms with Crippen LogP contribution in [0.2, 0.25) is 0 Å². The molecule has 2 radical (unpaired) electrons. The number of carbonyl (C=O) groups excluding carboxylic acids is 4. The van der Waals surface area contributed by atoms with Gasteiger partial charge in [-0.25, -0.2) is 18.1 Å². The van der Waals surface area contributed by atoms with E-state index in [1.165, 1.54) is 13.8 Å². The molecule has 3 unspecified atom stereocenters. The zero-order valence-electron chi connectivity index (χ0n) is 21.5. The number of carbonyl (C=O) groups is 5. The van der Waals surface area contributed by atoms with Gasteiger partial charge in [0.25, 0.3) is 0 Å². The number of hydrogen-bond acceptors (Lipinski definition) is 9. The molecule has 0 aromatic carbocycles. The van der Waals surface area contributed by atoms with Crippen LogP contribution in [0.3, 0.4) is 0 Å². The number of rotatable bonds is 13. The van der Waals surface area contributed by atoms with Gasteiger partial charge in [0.05, 0.1) is 5.75 Å². The van der Waals surface area contributed by atoms with Crippen molar-refractivity contribution in [2.45, 2.75) is 66.1 Å². The van der Waals surface area contributed by atoms with Crippen LogP contribution in [0.25, 0.3) is 0 Å². The molecule has 0 fully saturated rings. The van der Waals surface area contributed by atoms with Crippen molar-refractivity contribution in [1.29, 1.82) is 0 Å². The second kappa shape index (κ2) is 20.6. The third-order valence-electron chi connectivity index (χ3n) is 4.22. The molecule has 0 rings (SSSR count). The largest absolute Gasteiger partial charge is 0.480 e. The maximum Gasteiger partial charge on any atom is 0.326 e. The van der Waals surface area contributed by atoms with Crippen molar-refractivity contribution in [3.8, 4) is 0 Å². The maximum atomic E-state index is 12.6. The van der Waals surface area contributed by atoms with Gasteiger partial charge in [0, 0.05) is 50.3 Å². The topological polar surface area (TPSA) is 205 Å². The molecule has 13 nitrogen and oxygen atoms in total. The molecule has 3 atom stereocenters. The summed E-state index contributed by atoms with van der Waals surface area (Å²) in [4.78, 5) is 60.9. The fourth-order valence-corrected chi connectivity index (χ4v) is 3.15. The smallest absolute Gasteiger partial charge is 0.326 e. The average Bonchev–Trinajstić information content (AvgIpc) is 2.65. The molecule has 0 aliphatic carbocycles. The summed E-state index contributed by atoms with van der Waals surface area (Å²) in [6.45, 7) is 8.92. The van der Waals surface area contributed by atoms with Gasteiger partial charge in [-0.2, -0.15) is 0 Å². The number of amides is 3. The molecular formula is C20H37N3O10SV2. The van der Waals surface area contributed by atoms with Crippen molar-refractivity contribution in [2.75, 3.05) is 18.6 Å². The van der Waals surface area contributed by atoms with Gasteiger partial charge in [-0.05, 0) is 25.2 Å². The van der Waals surface area contributed by atoms with Gasteiger partial charge < -0.3 is 21.1 Å². The third-order valence-corrected chi connectivity index (χ3v) is 5.19. The Balaban J connectivity index is -0.000000567. The fourth-order valence-electron chi connectivity index (χ4n) is 2.48. The van der Waals surface area contributed by atoms with Crippen LogP contribution < -0.4 is 16.0 Å². The molecule has 0 bridgehead atoms. The Morgan fingerprint density at radius 1 is 0.833 bits per heavy atom. The molecule has 208 valence electrons. The Morgan fingerprint density at radius 3 is 1.56 bits per heavy atom. The predicted molar refractivity (Wildman–Crippen MR) is 122 cm³/mol. The minimum Gasteiger partial charge on any atom is -0.480 e. The monoisotopic (exact) mass is 613 g/mol. The van der Waals surface area contributed by atoms with Gasteiger partial charge in [0.15, 0.2) is 5.78 Å². The quantitative estimate of drug-likeness (QED) is 0.131. The van der Waals surface area contributed by atoms with Crippen LogP contribution in [0.15, 0.2) is 0 Å². The normalized spacial score (nSPS) is 12.9. The van der Waals surface area contributed by atoms with E-state index in [4.69, 9.17) is 5.26 Å². The van der Waals surface area contributed by atoms with Crippen LogP contribution in [0.1, 0.15) is 48.0 Å². The first kappa shape index (κ1) is 41.7. The van der Waals surface area contributed by atoms with E-state index in [1.54, 1.807) is 27.7 Å². The molecule has 0 aromatic rings. The molecule has 0 aliphatic heterocycles. The first-order chi connectivity index (χ1) is 15.4. The van der Waals surface area contributed by atoms with Gasteiger partial charge in [-0.15, -0.1) is 0 Å². The van der Waals surface area contributed by atoms with Gasteiger partial charge in [0.1, 0.15) is 34.6 Å². The Hall–Kier alpha value is -1.41. The van der Waals surface area contributed by atoms with Crippen LogP contribution in [-0.4, -0.2) is 85.0 Å². The maximum absolute atomic E-state index is 12.6. The van der Waals surface area contributed by atoms with Gasteiger partial charge in [-0.1, -0.05) is 27.7 Å². The van der Waals surface area contributed by atoms with Gasteiger partial charge >= 0.3 is 5.97 Å². The summed E-state index contributed by atoms with van der Waals surface area (Å²) in [5.74, 6) is -4.36. The first-order valence-corrected chi connectivity index (χ1v) is 12.5. The molecule has 0 aromatic heterocycles. The molecule has 0 heterocycles. The molecule has 36 heavy (non-hydrogen) atoms. The zero-order chi connectivity index (χ0) is 27.2. The van der Waals surface area contributed by atoms with Gasteiger partial charge in [0.2, 0.25) is 17.7 Å². The number of sulfone groups is 1. The number of carboxylic acid groups (broad SMARTS) is 1. The second-order valence-corrected chi connectivity index (χ2v) is 10.7. The Morgan fingerprint density at radius 2 is 1.28 bits per heavy atom. The Kier molecular flexibility index (Phi) is 23.9. The molecule has 0 saturated heterocycles. The molecular weight excluding hydrogens is 576 g/mol. The predicted octanol–water partition coefficient (Wildman–Crippen LogP) is -0.648. The summed E-state index contributed by atoms with van der Waals surface area (Å²) in [5.41, 5.74) is 0. The SMILES string of the molecule is CC(=O)COO.CC(=O)NC(CCS(C)(=O)=O)C(=O)NC(C(=O)NC(C(=O)O)C(C)C)C(C)C.[V].[V]. The third kappa shape index (κ3) is 20.7. The zero-order valence-corrected chi connectivity index (χ0v) is 25.1. The standard InChI is InChI=1S/C17H31N3O7S.C3H6O3.2V/c1-9(2)13(16(23)20-14(10(3)4)17(24)25)19-15(22)12(18-11(5)21)7-8-28(6,26)27;1-3(4)2-6-5;;/h9-10,12-14H,7-8H2,1-6H3,(H,18,21)(H,19,22)(H,20,23)(H,24,25);5H,2H2,1H3;;. The van der Waals surface area contributed by atoms with E-state index in [-0.39, 0.29) is 73.5 Å². The Labute approximate surface area is 235 Å². The number of hydrogen-bond donors (Lipinski definition) is 5. The molecule has 16 heteroatoms. The number of carboxylic acids is 1. The summed E-state index contributed by atoms with van der Waals surface area (Å²) in [6, 6.07) is -3.31. The van der Waals surface area contributed by atoms with Crippen molar-refractivity contribution in [3.63, 3.8) is 0 Å². The van der Waals surface area contributed by atoms with Crippen molar-refractivity contribution in [1.82, 2.24) is 16.0 Å². The molecule has 0 spiro atoms. The number of aliphatic carboxylic acids is 1. The minimum absolute atomic E-state index is 0. The van der Waals surface area contributed by atoms with Crippen LogP contribution in [0.4, 0.5) is 0 Å². The van der Waals surface area contributed by atoms with E-state index in [1.807, 2.05) is 0 Å². The first-order valence-electron chi connectivity index (χ1n) is 10.5. The van der Waals surface area contributed by atoms with Crippen LogP contribution in [0, 0.1) is 11.8 Å². The fraction of sp³-hybridized carbons (Fsp3) is 0.750. The van der Waals surface area contributed by atoms with Crippen molar-refractivity contribution < 1.29 is 84.8 Å². The molecule has 5 N–H and O–H groups in total. The van der Waals surface area contributed by atoms with Crippen LogP contribution in [-0.2, 0) is 75.8 Å². The summed E-state index contributed by atoms with van der Waals surface area (Å²) >= 11 is 0. The average molecular weight is 613 g/mol. The van der Waals surface area contributed by atoms with E-state index in [2.05, 4.69) is 20.8 Å². The van der Waals surface area contributed by atoms with Crippen molar-refractivity contribution >= 4 is 39.3 Å².